The molecule has 0 aromatic carbocycles. The minimum atomic E-state index is -1.98. The summed E-state index contributed by atoms with van der Waals surface area (Å²) in [6.07, 6.45) is 11.4. The van der Waals surface area contributed by atoms with E-state index in [1.807, 2.05) is 27.7 Å². The normalized spacial score (nSPS) is 12.9. The minimum Gasteiger partial charge on any atom is -0.407 e. The van der Waals surface area contributed by atoms with E-state index in [1.54, 1.807) is 7.11 Å². The maximum Gasteiger partial charge on any atom is 0.193 e. The summed E-state index contributed by atoms with van der Waals surface area (Å²) in [6.45, 7) is 18.7. The summed E-state index contributed by atoms with van der Waals surface area (Å²) in [5.41, 5.74) is 3.13. The van der Waals surface area contributed by atoms with Crippen LogP contribution in [0.4, 0.5) is 0 Å². The average Bonchev–Trinajstić information content (AvgIpc) is 2.36. The average molecular weight is 333 g/mol. The lowest BCUT2D eigenvalue weighted by atomic mass is 9.94. The first-order valence-electron chi connectivity index (χ1n) is 7.85. The quantitative estimate of drug-likeness (QED) is 0.404. The van der Waals surface area contributed by atoms with Gasteiger partial charge in [-0.1, -0.05) is 38.3 Å². The fourth-order valence-corrected chi connectivity index (χ4v) is 3.47. The molecule has 0 aliphatic rings. The summed E-state index contributed by atoms with van der Waals surface area (Å²) in [7, 11) is -0.366. The number of methoxy groups -OCH3 is 1. The molecule has 23 heavy (non-hydrogen) atoms. The van der Waals surface area contributed by atoms with E-state index in [1.165, 1.54) is 0 Å². The summed E-state index contributed by atoms with van der Waals surface area (Å²) in [4.78, 5) is 0. The Morgan fingerprint density at radius 1 is 0.826 bits per heavy atom. The molecule has 0 bridgehead atoms. The van der Waals surface area contributed by atoms with Crippen LogP contribution in [0.15, 0.2) is 16.9 Å². The lowest BCUT2D eigenvalue weighted by molar-refractivity contribution is 0.0591. The zero-order chi connectivity index (χ0) is 18.7. The van der Waals surface area contributed by atoms with Gasteiger partial charge in [-0.25, -0.2) is 0 Å². The number of ether oxygens (including phenoxy) is 1. The molecular weight excluding hydrogens is 300 g/mol. The molecule has 128 valence electrons. The van der Waals surface area contributed by atoms with E-state index in [4.69, 9.17) is 22.0 Å². The molecular formula is C20H32O2Si. The molecule has 0 radical (unpaired) electrons. The molecule has 0 aliphatic heterocycles. The number of hydrogen-bond donors (Lipinski definition) is 0. The maximum absolute atomic E-state index is 6.51. The van der Waals surface area contributed by atoms with Gasteiger partial charge in [0.15, 0.2) is 8.32 Å². The van der Waals surface area contributed by atoms with Crippen molar-refractivity contribution in [2.75, 3.05) is 7.11 Å². The van der Waals surface area contributed by atoms with Crippen molar-refractivity contribution in [3.05, 3.63) is 16.9 Å². The van der Waals surface area contributed by atoms with Crippen LogP contribution >= 0.6 is 0 Å². The van der Waals surface area contributed by atoms with Crippen molar-refractivity contribution >= 4 is 8.32 Å². The first kappa shape index (κ1) is 21.8. The molecule has 0 rings (SSSR count). The fraction of sp³-hybridized carbons (Fsp3) is 0.650. The highest BCUT2D eigenvalue weighted by atomic mass is 28.4. The van der Waals surface area contributed by atoms with E-state index in [0.717, 1.165) is 0 Å². The van der Waals surface area contributed by atoms with E-state index in [-0.39, 0.29) is 5.04 Å². The van der Waals surface area contributed by atoms with Crippen LogP contribution in [0.2, 0.25) is 18.1 Å². The highest BCUT2D eigenvalue weighted by Crippen LogP contribution is 2.40. The second kappa shape index (κ2) is 7.12. The third kappa shape index (κ3) is 5.42. The summed E-state index contributed by atoms with van der Waals surface area (Å²) in [5, 5.41) is 0.0917. The number of rotatable bonds is 5. The van der Waals surface area contributed by atoms with E-state index in [2.05, 4.69) is 51.4 Å². The van der Waals surface area contributed by atoms with Gasteiger partial charge in [-0.2, -0.15) is 0 Å². The molecule has 0 amide bonds. The molecule has 0 fully saturated rings. The lowest BCUT2D eigenvalue weighted by Crippen LogP contribution is -2.48. The molecule has 0 spiro atoms. The third-order valence-corrected chi connectivity index (χ3v) is 9.20. The standard InChI is InChI=1S/C20H32O2Si/c1-13-16(19(6,7)21-10)15-17(14-2)20(8,9)22-23(11,12)18(3,4)5/h1-2H,3-12H3. The van der Waals surface area contributed by atoms with Crippen LogP contribution in [0.25, 0.3) is 0 Å². The largest absolute Gasteiger partial charge is 0.407 e. The summed E-state index contributed by atoms with van der Waals surface area (Å²) in [5.74, 6) is 5.35. The molecule has 0 saturated heterocycles. The van der Waals surface area contributed by atoms with Gasteiger partial charge < -0.3 is 9.16 Å². The van der Waals surface area contributed by atoms with E-state index < -0.39 is 19.5 Å². The second-order valence-electron chi connectivity index (χ2n) is 8.25. The Morgan fingerprint density at radius 2 is 1.22 bits per heavy atom. The van der Waals surface area contributed by atoms with E-state index >= 15 is 0 Å². The van der Waals surface area contributed by atoms with Gasteiger partial charge in [-0.15, -0.1) is 12.8 Å². The van der Waals surface area contributed by atoms with Crippen LogP contribution in [0, 0.1) is 24.7 Å². The van der Waals surface area contributed by atoms with Crippen molar-refractivity contribution in [1.82, 2.24) is 0 Å². The lowest BCUT2D eigenvalue weighted by Gasteiger charge is -2.42. The van der Waals surface area contributed by atoms with Crippen LogP contribution in [0.5, 0.6) is 0 Å². The molecule has 0 N–H and O–H groups in total. The molecule has 0 aliphatic carbocycles. The first-order chi connectivity index (χ1) is 10.1. The maximum atomic E-state index is 6.51. The Kier molecular flexibility index (Phi) is 6.74. The topological polar surface area (TPSA) is 18.5 Å². The van der Waals surface area contributed by atoms with Crippen molar-refractivity contribution in [3.63, 3.8) is 0 Å². The van der Waals surface area contributed by atoms with Crippen molar-refractivity contribution in [3.8, 4) is 24.7 Å². The zero-order valence-electron chi connectivity index (χ0n) is 16.5. The Hall–Kier alpha value is -1.22. The van der Waals surface area contributed by atoms with Crippen molar-refractivity contribution in [2.24, 2.45) is 0 Å². The highest BCUT2D eigenvalue weighted by molar-refractivity contribution is 6.74. The fourth-order valence-electron chi connectivity index (χ4n) is 1.79. The predicted molar refractivity (Wildman–Crippen MR) is 102 cm³/mol. The van der Waals surface area contributed by atoms with Gasteiger partial charge in [0.2, 0.25) is 0 Å². The van der Waals surface area contributed by atoms with Crippen molar-refractivity contribution < 1.29 is 9.16 Å². The van der Waals surface area contributed by atoms with Gasteiger partial charge in [0.05, 0.1) is 16.7 Å². The Morgan fingerprint density at radius 3 is 1.52 bits per heavy atom. The molecule has 0 unspecified atom stereocenters. The molecule has 0 aromatic heterocycles. The SMILES string of the molecule is C#CC(=C=C(C#C)C(C)(C)O[Si](C)(C)C(C)(C)C)C(C)(C)OC. The monoisotopic (exact) mass is 332 g/mol. The first-order valence-corrected chi connectivity index (χ1v) is 10.8. The Bertz CT molecular complexity index is 581. The number of hydrogen-bond acceptors (Lipinski definition) is 2. The molecule has 2 nitrogen and oxygen atoms in total. The summed E-state index contributed by atoms with van der Waals surface area (Å²) >= 11 is 0. The van der Waals surface area contributed by atoms with Gasteiger partial charge in [-0.05, 0) is 45.8 Å². The summed E-state index contributed by atoms with van der Waals surface area (Å²) in [6, 6.07) is 0. The van der Waals surface area contributed by atoms with Gasteiger partial charge in [-0.3, -0.25) is 0 Å². The van der Waals surface area contributed by atoms with E-state index in [0.29, 0.717) is 11.1 Å². The van der Waals surface area contributed by atoms with Crippen LogP contribution < -0.4 is 0 Å². The second-order valence-corrected chi connectivity index (χ2v) is 13.0. The third-order valence-electron chi connectivity index (χ3n) is 4.57. The molecule has 0 aromatic rings. The van der Waals surface area contributed by atoms with Gasteiger partial charge in [0.25, 0.3) is 0 Å². The smallest absolute Gasteiger partial charge is 0.193 e. The van der Waals surface area contributed by atoms with Gasteiger partial charge >= 0.3 is 0 Å². The van der Waals surface area contributed by atoms with Crippen LogP contribution in [-0.4, -0.2) is 26.6 Å². The van der Waals surface area contributed by atoms with Crippen LogP contribution in [0.3, 0.4) is 0 Å². The van der Waals surface area contributed by atoms with Crippen molar-refractivity contribution in [1.29, 1.82) is 0 Å². The molecule has 3 heteroatoms. The van der Waals surface area contributed by atoms with E-state index in [9.17, 15) is 0 Å². The Labute approximate surface area is 144 Å². The highest BCUT2D eigenvalue weighted by Gasteiger charge is 2.42. The van der Waals surface area contributed by atoms with Gasteiger partial charge in [0, 0.05) is 7.11 Å². The van der Waals surface area contributed by atoms with Crippen LogP contribution in [-0.2, 0) is 9.16 Å². The number of terminal acetylenes is 2. The molecule has 0 heterocycles. The van der Waals surface area contributed by atoms with Crippen molar-refractivity contribution in [2.45, 2.75) is 77.8 Å². The van der Waals surface area contributed by atoms with Gasteiger partial charge in [0.1, 0.15) is 5.60 Å². The Balaban J connectivity index is 6.12. The molecule has 0 saturated carbocycles. The molecule has 0 atom stereocenters. The van der Waals surface area contributed by atoms with Crippen LogP contribution in [0.1, 0.15) is 48.5 Å². The predicted octanol–water partition coefficient (Wildman–Crippen LogP) is 4.93. The summed E-state index contributed by atoms with van der Waals surface area (Å²) < 4.78 is 12.0. The minimum absolute atomic E-state index is 0.0917. The zero-order valence-corrected chi connectivity index (χ0v) is 17.5.